The van der Waals surface area contributed by atoms with Crippen LogP contribution in [0.15, 0.2) is 66.7 Å². The average molecular weight is 467 g/mol. The fourth-order valence-corrected chi connectivity index (χ4v) is 4.64. The van der Waals surface area contributed by atoms with Gasteiger partial charge in [0.2, 0.25) is 5.95 Å². The van der Waals surface area contributed by atoms with Crippen molar-refractivity contribution in [1.29, 1.82) is 5.26 Å². The number of Topliss-reactive ketones (excluding diaryl/α,β-unsaturated/α-hetero) is 1. The Morgan fingerprint density at radius 3 is 2.14 bits per heavy atom. The minimum absolute atomic E-state index is 0.291. The molecule has 1 aliphatic rings. The first-order valence-electron chi connectivity index (χ1n) is 11.6. The molecule has 0 spiro atoms. The maximum Gasteiger partial charge on any atom is 0.232 e. The van der Waals surface area contributed by atoms with E-state index in [1.165, 1.54) is 0 Å². The van der Waals surface area contributed by atoms with Crippen molar-refractivity contribution in [3.8, 4) is 17.4 Å². The summed E-state index contributed by atoms with van der Waals surface area (Å²) in [6, 6.07) is 23.5. The van der Waals surface area contributed by atoms with E-state index in [0.29, 0.717) is 43.6 Å². The smallest absolute Gasteiger partial charge is 0.232 e. The van der Waals surface area contributed by atoms with Gasteiger partial charge in [-0.2, -0.15) is 5.26 Å². The molecule has 3 heterocycles. The number of carbonyl (C=O) groups excluding carboxylic acids is 1. The summed E-state index contributed by atoms with van der Waals surface area (Å²) < 4.78 is 9.35. The number of morpholine rings is 1. The summed E-state index contributed by atoms with van der Waals surface area (Å²) in [6.07, 6.45) is 0. The van der Waals surface area contributed by atoms with E-state index in [1.54, 1.807) is 0 Å². The van der Waals surface area contributed by atoms with Crippen LogP contribution >= 0.6 is 0 Å². The number of anilines is 1. The summed E-state index contributed by atoms with van der Waals surface area (Å²) in [6.45, 7) is 6.36. The predicted octanol–water partition coefficient (Wildman–Crippen LogP) is 4.00. The van der Waals surface area contributed by atoms with Gasteiger partial charge in [0.15, 0.2) is 17.5 Å². The van der Waals surface area contributed by atoms with E-state index in [4.69, 9.17) is 4.74 Å². The van der Waals surface area contributed by atoms with Crippen molar-refractivity contribution in [3.63, 3.8) is 0 Å². The molecule has 1 aliphatic heterocycles. The fourth-order valence-electron chi connectivity index (χ4n) is 4.64. The van der Waals surface area contributed by atoms with Crippen LogP contribution in [0.1, 0.15) is 33.5 Å². The second-order valence-corrected chi connectivity index (χ2v) is 8.51. The van der Waals surface area contributed by atoms with Gasteiger partial charge in [-0.15, -0.1) is 10.2 Å². The van der Waals surface area contributed by atoms with Crippen LogP contribution in [0.25, 0.3) is 11.4 Å². The minimum atomic E-state index is -1.11. The van der Waals surface area contributed by atoms with Crippen molar-refractivity contribution in [2.75, 3.05) is 31.2 Å². The summed E-state index contributed by atoms with van der Waals surface area (Å²) >= 11 is 0. The quantitative estimate of drug-likeness (QED) is 0.399. The van der Waals surface area contributed by atoms with Gasteiger partial charge in [-0.3, -0.25) is 9.36 Å². The van der Waals surface area contributed by atoms with Gasteiger partial charge in [0, 0.05) is 35.7 Å². The summed E-state index contributed by atoms with van der Waals surface area (Å²) in [4.78, 5) is 15.9. The van der Waals surface area contributed by atoms with Crippen molar-refractivity contribution in [2.45, 2.75) is 19.8 Å². The van der Waals surface area contributed by atoms with Gasteiger partial charge in [0.25, 0.3) is 0 Å². The van der Waals surface area contributed by atoms with Gasteiger partial charge in [-0.05, 0) is 44.2 Å². The van der Waals surface area contributed by atoms with Gasteiger partial charge < -0.3 is 14.2 Å². The number of nitriles is 1. The number of hydrogen-bond donors (Lipinski definition) is 0. The zero-order chi connectivity index (χ0) is 24.4. The zero-order valence-corrected chi connectivity index (χ0v) is 19.8. The van der Waals surface area contributed by atoms with Crippen LogP contribution in [0.2, 0.25) is 0 Å². The van der Waals surface area contributed by atoms with Gasteiger partial charge in [-0.25, -0.2) is 0 Å². The van der Waals surface area contributed by atoms with E-state index < -0.39 is 5.92 Å². The lowest BCUT2D eigenvalue weighted by molar-refractivity contribution is 0.0975. The normalized spacial score (nSPS) is 14.5. The number of para-hydroxylation sites is 2. The van der Waals surface area contributed by atoms with Crippen LogP contribution in [-0.4, -0.2) is 51.4 Å². The van der Waals surface area contributed by atoms with Crippen molar-refractivity contribution < 1.29 is 9.53 Å². The molecule has 176 valence electrons. The van der Waals surface area contributed by atoms with Gasteiger partial charge >= 0.3 is 0 Å². The topological polar surface area (TPSA) is 89.0 Å². The molecule has 1 unspecified atom stereocenters. The van der Waals surface area contributed by atoms with Gasteiger partial charge in [0.1, 0.15) is 0 Å². The maximum atomic E-state index is 13.8. The number of aromatic nitrogens is 4. The highest BCUT2D eigenvalue weighted by Gasteiger charge is 2.33. The average Bonchev–Trinajstić information content (AvgIpc) is 3.46. The number of hydrogen-bond acceptors (Lipinski definition) is 6. The van der Waals surface area contributed by atoms with Crippen molar-refractivity contribution in [2.24, 2.45) is 0 Å². The van der Waals surface area contributed by atoms with Crippen LogP contribution in [-0.2, 0) is 4.74 Å². The fraction of sp³-hybridized carbons (Fsp3) is 0.259. The second kappa shape index (κ2) is 9.57. The van der Waals surface area contributed by atoms with E-state index in [0.717, 1.165) is 22.8 Å². The Morgan fingerprint density at radius 2 is 1.54 bits per heavy atom. The SMILES string of the molecule is Cc1cc(C(=O)C(C#N)c2nnc(N3CCOCC3)n2-c2ccccc2)c(C)n1-c1ccccc1. The zero-order valence-electron chi connectivity index (χ0n) is 19.8. The molecule has 2 aromatic carbocycles. The summed E-state index contributed by atoms with van der Waals surface area (Å²) in [5.41, 5.74) is 3.99. The molecule has 1 atom stereocenters. The van der Waals surface area contributed by atoms with E-state index >= 15 is 0 Å². The Balaban J connectivity index is 1.59. The lowest BCUT2D eigenvalue weighted by Gasteiger charge is -2.28. The summed E-state index contributed by atoms with van der Waals surface area (Å²) in [5, 5.41) is 19.0. The number of ether oxygens (including phenoxy) is 1. The summed E-state index contributed by atoms with van der Waals surface area (Å²) in [7, 11) is 0. The van der Waals surface area contributed by atoms with Crippen LogP contribution in [0.5, 0.6) is 0 Å². The first-order chi connectivity index (χ1) is 17.1. The van der Waals surface area contributed by atoms with Crippen LogP contribution < -0.4 is 4.90 Å². The third-order valence-corrected chi connectivity index (χ3v) is 6.34. The second-order valence-electron chi connectivity index (χ2n) is 8.51. The molecule has 4 aromatic rings. The molecule has 0 radical (unpaired) electrons. The van der Waals surface area contributed by atoms with E-state index in [2.05, 4.69) is 21.2 Å². The van der Waals surface area contributed by atoms with E-state index in [9.17, 15) is 10.1 Å². The Morgan fingerprint density at radius 1 is 0.943 bits per heavy atom. The van der Waals surface area contributed by atoms with Crippen molar-refractivity contribution >= 4 is 11.7 Å². The molecule has 8 heteroatoms. The number of ketones is 1. The third-order valence-electron chi connectivity index (χ3n) is 6.34. The number of aryl methyl sites for hydroxylation is 1. The monoisotopic (exact) mass is 466 g/mol. The number of rotatable bonds is 6. The molecular weight excluding hydrogens is 440 g/mol. The molecule has 0 N–H and O–H groups in total. The molecule has 0 bridgehead atoms. The number of nitrogens with zero attached hydrogens (tertiary/aromatic N) is 6. The molecule has 0 amide bonds. The molecule has 0 saturated carbocycles. The lowest BCUT2D eigenvalue weighted by Crippen LogP contribution is -2.38. The first kappa shape index (κ1) is 22.6. The Bertz CT molecular complexity index is 1380. The van der Waals surface area contributed by atoms with Crippen LogP contribution in [0.4, 0.5) is 5.95 Å². The standard InChI is InChI=1S/C27H26N6O2/c1-19-17-23(20(2)32(19)21-9-5-3-6-10-21)25(34)24(18-28)26-29-30-27(31-13-15-35-16-14-31)33(26)22-11-7-4-8-12-22/h3-12,17,24H,13-16H2,1-2H3. The Kier molecular flexibility index (Phi) is 6.17. The molecule has 8 nitrogen and oxygen atoms in total. The molecule has 2 aromatic heterocycles. The van der Waals surface area contributed by atoms with E-state index in [-0.39, 0.29) is 5.78 Å². The predicted molar refractivity (Wildman–Crippen MR) is 132 cm³/mol. The highest BCUT2D eigenvalue weighted by molar-refractivity contribution is 6.03. The van der Waals surface area contributed by atoms with E-state index in [1.807, 2.05) is 89.7 Å². The van der Waals surface area contributed by atoms with Crippen LogP contribution in [0, 0.1) is 25.2 Å². The molecule has 1 saturated heterocycles. The lowest BCUT2D eigenvalue weighted by atomic mass is 9.98. The highest BCUT2D eigenvalue weighted by atomic mass is 16.5. The van der Waals surface area contributed by atoms with Crippen molar-refractivity contribution in [1.82, 2.24) is 19.3 Å². The number of carbonyl (C=O) groups is 1. The minimum Gasteiger partial charge on any atom is -0.378 e. The Labute approximate surface area is 204 Å². The molecule has 5 rings (SSSR count). The summed E-state index contributed by atoms with van der Waals surface area (Å²) in [5.74, 6) is -0.477. The molecular formula is C27H26N6O2. The first-order valence-corrected chi connectivity index (χ1v) is 11.6. The molecule has 0 aliphatic carbocycles. The maximum absolute atomic E-state index is 13.8. The third kappa shape index (κ3) is 4.11. The Hall–Kier alpha value is -4.22. The number of benzene rings is 2. The van der Waals surface area contributed by atoms with Crippen LogP contribution in [0.3, 0.4) is 0 Å². The largest absolute Gasteiger partial charge is 0.378 e. The molecule has 35 heavy (non-hydrogen) atoms. The highest BCUT2D eigenvalue weighted by Crippen LogP contribution is 2.30. The molecule has 1 fully saturated rings. The van der Waals surface area contributed by atoms with Gasteiger partial charge in [0.05, 0.1) is 25.0 Å². The van der Waals surface area contributed by atoms with Gasteiger partial charge in [-0.1, -0.05) is 36.4 Å². The van der Waals surface area contributed by atoms with Crippen molar-refractivity contribution in [3.05, 3.63) is 89.5 Å².